The molecule has 7 nitrogen and oxygen atoms in total. The highest BCUT2D eigenvalue weighted by Gasteiger charge is 2.15. The van der Waals surface area contributed by atoms with Crippen LogP contribution in [0, 0.1) is 10.1 Å². The number of nitrogens with zero attached hydrogens (tertiary/aromatic N) is 3. The molecule has 0 radical (unpaired) electrons. The second-order valence-corrected chi connectivity index (χ2v) is 3.69. The van der Waals surface area contributed by atoms with Crippen LogP contribution in [0.2, 0.25) is 0 Å². The summed E-state index contributed by atoms with van der Waals surface area (Å²) < 4.78 is 6.43. The monoisotopic (exact) mass is 261 g/mol. The van der Waals surface area contributed by atoms with Gasteiger partial charge in [-0.1, -0.05) is 0 Å². The van der Waals surface area contributed by atoms with E-state index < -0.39 is 10.9 Å². The van der Waals surface area contributed by atoms with Gasteiger partial charge in [0.1, 0.15) is 0 Å². The van der Waals surface area contributed by atoms with Crippen LogP contribution in [0.3, 0.4) is 0 Å². The van der Waals surface area contributed by atoms with Crippen molar-refractivity contribution >= 4 is 11.7 Å². The van der Waals surface area contributed by atoms with E-state index in [0.717, 1.165) is 0 Å². The highest BCUT2D eigenvalue weighted by Crippen LogP contribution is 2.20. The van der Waals surface area contributed by atoms with Gasteiger partial charge < -0.3 is 9.30 Å². The fourth-order valence-corrected chi connectivity index (χ4v) is 1.59. The lowest BCUT2D eigenvalue weighted by Crippen LogP contribution is -2.06. The first-order valence-electron chi connectivity index (χ1n) is 5.56. The minimum atomic E-state index is -0.590. The van der Waals surface area contributed by atoms with Crippen molar-refractivity contribution < 1.29 is 14.5 Å². The molecular formula is C12H11N3O4. The van der Waals surface area contributed by atoms with Gasteiger partial charge in [0, 0.05) is 24.5 Å². The fraction of sp³-hybridized carbons (Fsp3) is 0.167. The number of hydrogen-bond acceptors (Lipinski definition) is 5. The number of rotatable bonds is 4. The molecule has 0 aliphatic rings. The summed E-state index contributed by atoms with van der Waals surface area (Å²) in [5.74, 6) is -0.590. The smallest absolute Gasteiger partial charge is 0.338 e. The van der Waals surface area contributed by atoms with E-state index in [1.807, 2.05) is 0 Å². The van der Waals surface area contributed by atoms with Gasteiger partial charge in [-0.25, -0.2) is 9.78 Å². The predicted octanol–water partition coefficient (Wildman–Crippen LogP) is 1.96. The van der Waals surface area contributed by atoms with E-state index in [0.29, 0.717) is 5.69 Å². The molecule has 1 aromatic carbocycles. The SMILES string of the molecule is CCOC(=O)c1cc(-n2ccnc2)cc([N+](=O)[O-])c1. The van der Waals surface area contributed by atoms with Gasteiger partial charge in [-0.15, -0.1) is 0 Å². The van der Waals surface area contributed by atoms with Gasteiger partial charge in [0.25, 0.3) is 5.69 Å². The zero-order valence-electron chi connectivity index (χ0n) is 10.1. The van der Waals surface area contributed by atoms with Gasteiger partial charge in [-0.2, -0.15) is 0 Å². The lowest BCUT2D eigenvalue weighted by atomic mass is 10.1. The maximum Gasteiger partial charge on any atom is 0.338 e. The summed E-state index contributed by atoms with van der Waals surface area (Å²) in [5, 5.41) is 10.9. The van der Waals surface area contributed by atoms with Crippen LogP contribution in [0.25, 0.3) is 5.69 Å². The summed E-state index contributed by atoms with van der Waals surface area (Å²) in [4.78, 5) is 25.9. The Morgan fingerprint density at radius 2 is 2.26 bits per heavy atom. The minimum Gasteiger partial charge on any atom is -0.462 e. The summed E-state index contributed by atoms with van der Waals surface area (Å²) in [7, 11) is 0. The van der Waals surface area contributed by atoms with Gasteiger partial charge in [0.05, 0.1) is 29.1 Å². The molecule has 0 fully saturated rings. The van der Waals surface area contributed by atoms with E-state index in [4.69, 9.17) is 4.74 Å². The Hall–Kier alpha value is -2.70. The molecular weight excluding hydrogens is 250 g/mol. The topological polar surface area (TPSA) is 87.3 Å². The Morgan fingerprint density at radius 1 is 1.47 bits per heavy atom. The molecule has 2 aromatic rings. The van der Waals surface area contributed by atoms with Crippen LogP contribution in [0.15, 0.2) is 36.9 Å². The van der Waals surface area contributed by atoms with Crippen molar-refractivity contribution in [3.8, 4) is 5.69 Å². The van der Waals surface area contributed by atoms with Crippen LogP contribution < -0.4 is 0 Å². The molecule has 0 amide bonds. The van der Waals surface area contributed by atoms with E-state index in [1.165, 1.54) is 24.5 Å². The number of imidazole rings is 1. The highest BCUT2D eigenvalue weighted by atomic mass is 16.6. The molecule has 0 saturated carbocycles. The molecule has 19 heavy (non-hydrogen) atoms. The molecule has 0 unspecified atom stereocenters. The van der Waals surface area contributed by atoms with Gasteiger partial charge in [-0.05, 0) is 13.0 Å². The first kappa shape index (κ1) is 12.7. The van der Waals surface area contributed by atoms with Crippen molar-refractivity contribution in [2.24, 2.45) is 0 Å². The number of nitro benzene ring substituents is 1. The Bertz CT molecular complexity index is 607. The quantitative estimate of drug-likeness (QED) is 0.477. The molecule has 1 aromatic heterocycles. The number of aromatic nitrogens is 2. The van der Waals surface area contributed by atoms with Gasteiger partial charge >= 0.3 is 5.97 Å². The molecule has 0 spiro atoms. The van der Waals surface area contributed by atoms with Gasteiger partial charge in [-0.3, -0.25) is 10.1 Å². The number of benzene rings is 1. The highest BCUT2D eigenvalue weighted by molar-refractivity contribution is 5.91. The van der Waals surface area contributed by atoms with E-state index in [1.54, 1.807) is 23.9 Å². The summed E-state index contributed by atoms with van der Waals surface area (Å²) in [5.41, 5.74) is 0.448. The number of esters is 1. The van der Waals surface area contributed by atoms with Crippen molar-refractivity contribution in [1.29, 1.82) is 0 Å². The summed E-state index contributed by atoms with van der Waals surface area (Å²) >= 11 is 0. The molecule has 0 N–H and O–H groups in total. The Balaban J connectivity index is 2.50. The van der Waals surface area contributed by atoms with Crippen LogP contribution in [0.4, 0.5) is 5.69 Å². The average molecular weight is 261 g/mol. The molecule has 7 heteroatoms. The van der Waals surface area contributed by atoms with Crippen LogP contribution in [0.1, 0.15) is 17.3 Å². The Labute approximate surface area is 108 Å². The van der Waals surface area contributed by atoms with Crippen molar-refractivity contribution in [3.63, 3.8) is 0 Å². The average Bonchev–Trinajstić information content (AvgIpc) is 2.92. The lowest BCUT2D eigenvalue weighted by Gasteiger charge is -2.06. The van der Waals surface area contributed by atoms with E-state index >= 15 is 0 Å². The third-order valence-electron chi connectivity index (χ3n) is 2.43. The number of non-ortho nitro benzene ring substituents is 1. The molecule has 2 rings (SSSR count). The molecule has 0 saturated heterocycles. The predicted molar refractivity (Wildman–Crippen MR) is 66.2 cm³/mol. The molecule has 0 aliphatic heterocycles. The van der Waals surface area contributed by atoms with E-state index in [-0.39, 0.29) is 17.9 Å². The zero-order chi connectivity index (χ0) is 13.8. The van der Waals surface area contributed by atoms with E-state index in [9.17, 15) is 14.9 Å². The normalized spacial score (nSPS) is 10.2. The summed E-state index contributed by atoms with van der Waals surface area (Å²) in [6.07, 6.45) is 4.67. The van der Waals surface area contributed by atoms with Crippen LogP contribution in [0.5, 0.6) is 0 Å². The third-order valence-corrected chi connectivity index (χ3v) is 2.43. The second kappa shape index (κ2) is 5.30. The third kappa shape index (κ3) is 2.76. The first-order chi connectivity index (χ1) is 9.11. The maximum absolute atomic E-state index is 11.7. The van der Waals surface area contributed by atoms with Crippen LogP contribution >= 0.6 is 0 Å². The number of carbonyl (C=O) groups is 1. The Morgan fingerprint density at radius 3 is 2.84 bits per heavy atom. The first-order valence-corrected chi connectivity index (χ1v) is 5.56. The number of nitro groups is 1. The second-order valence-electron chi connectivity index (χ2n) is 3.69. The Kier molecular flexibility index (Phi) is 3.56. The van der Waals surface area contributed by atoms with Crippen molar-refractivity contribution in [2.45, 2.75) is 6.92 Å². The zero-order valence-corrected chi connectivity index (χ0v) is 10.1. The molecule has 0 atom stereocenters. The summed E-state index contributed by atoms with van der Waals surface area (Å²) in [6.45, 7) is 1.88. The maximum atomic E-state index is 11.7. The molecule has 98 valence electrons. The van der Waals surface area contributed by atoms with Gasteiger partial charge in [0.2, 0.25) is 0 Å². The molecule has 0 bridgehead atoms. The number of hydrogen-bond donors (Lipinski definition) is 0. The van der Waals surface area contributed by atoms with Crippen LogP contribution in [-0.4, -0.2) is 27.1 Å². The van der Waals surface area contributed by atoms with Crippen LogP contribution in [-0.2, 0) is 4.74 Å². The number of ether oxygens (including phenoxy) is 1. The van der Waals surface area contributed by atoms with E-state index in [2.05, 4.69) is 4.98 Å². The van der Waals surface area contributed by atoms with Crippen molar-refractivity contribution in [1.82, 2.24) is 9.55 Å². The van der Waals surface area contributed by atoms with Crippen molar-refractivity contribution in [2.75, 3.05) is 6.61 Å². The minimum absolute atomic E-state index is 0.139. The molecule has 1 heterocycles. The fourth-order valence-electron chi connectivity index (χ4n) is 1.59. The van der Waals surface area contributed by atoms with Gasteiger partial charge in [0.15, 0.2) is 0 Å². The van der Waals surface area contributed by atoms with Crippen molar-refractivity contribution in [3.05, 3.63) is 52.6 Å². The lowest BCUT2D eigenvalue weighted by molar-refractivity contribution is -0.384. The number of carbonyl (C=O) groups excluding carboxylic acids is 1. The molecule has 0 aliphatic carbocycles. The standard InChI is InChI=1S/C12H11N3O4/c1-2-19-12(16)9-5-10(14-4-3-13-8-14)7-11(6-9)15(17)18/h3-8H,2H2,1H3. The summed E-state index contributed by atoms with van der Waals surface area (Å²) in [6, 6.07) is 4.08. The largest absolute Gasteiger partial charge is 0.462 e.